The summed E-state index contributed by atoms with van der Waals surface area (Å²) < 4.78 is 5.70. The van der Waals surface area contributed by atoms with Crippen molar-refractivity contribution in [3.05, 3.63) is 35.9 Å². The van der Waals surface area contributed by atoms with Gasteiger partial charge in [0.05, 0.1) is 25.4 Å². The van der Waals surface area contributed by atoms with Gasteiger partial charge in [-0.3, -0.25) is 14.5 Å². The van der Waals surface area contributed by atoms with Crippen molar-refractivity contribution in [2.24, 2.45) is 0 Å². The Morgan fingerprint density at radius 1 is 1.06 bits per heavy atom. The number of carbonyl (C=O) groups is 3. The molecule has 1 aromatic carbocycles. The Bertz CT molecular complexity index is 831. The van der Waals surface area contributed by atoms with Crippen LogP contribution in [0.4, 0.5) is 9.59 Å². The first-order valence-corrected chi connectivity index (χ1v) is 11.3. The number of carbonyl (C=O) groups excluding carboxylic acids is 2. The molecule has 0 unspecified atom stereocenters. The van der Waals surface area contributed by atoms with Gasteiger partial charge in [-0.05, 0) is 31.2 Å². The van der Waals surface area contributed by atoms with Gasteiger partial charge in [0.25, 0.3) is 5.91 Å². The highest BCUT2D eigenvalue weighted by molar-refractivity contribution is 5.88. The van der Waals surface area contributed by atoms with Gasteiger partial charge in [0.15, 0.2) is 0 Å². The van der Waals surface area contributed by atoms with E-state index in [9.17, 15) is 14.4 Å². The molecule has 33 heavy (non-hydrogen) atoms. The summed E-state index contributed by atoms with van der Waals surface area (Å²) in [6, 6.07) is 8.66. The van der Waals surface area contributed by atoms with Crippen molar-refractivity contribution in [1.29, 1.82) is 0 Å². The Morgan fingerprint density at radius 3 is 2.55 bits per heavy atom. The lowest BCUT2D eigenvalue weighted by atomic mass is 10.0. The zero-order valence-electron chi connectivity index (χ0n) is 18.4. The molecule has 2 bridgehead atoms. The molecule has 4 rings (SSSR count). The molecule has 3 aliphatic rings. The highest BCUT2D eigenvalue weighted by Crippen LogP contribution is 2.30. The molecular formula is C22H30N4O7. The summed E-state index contributed by atoms with van der Waals surface area (Å²) in [6.45, 7) is 2.11. The third-order valence-electron chi connectivity index (χ3n) is 6.26. The molecule has 2 atom stereocenters. The minimum atomic E-state index is -0.907. The standard InChI is InChI=1S/C22H30N4O7/c27-20(23-32-13-12-31-18-8-10-24(11-9-18)22(29)30)19-7-6-17-14-25(19)21(28)26(17)33-15-16-4-2-1-3-5-16/h1-5,17-19H,6-15H2,(H,23,27)(H,29,30)/t17-,19+/m1/s1. The van der Waals surface area contributed by atoms with Gasteiger partial charge < -0.3 is 19.6 Å². The molecule has 11 nitrogen and oxygen atoms in total. The second-order valence-electron chi connectivity index (χ2n) is 8.42. The number of hydroxylamine groups is 3. The lowest BCUT2D eigenvalue weighted by Gasteiger charge is -2.30. The number of amides is 4. The lowest BCUT2D eigenvalue weighted by molar-refractivity contribution is -0.142. The Hall–Kier alpha value is -2.89. The molecule has 3 fully saturated rings. The van der Waals surface area contributed by atoms with Crippen LogP contribution in [0.1, 0.15) is 31.2 Å². The van der Waals surface area contributed by atoms with Crippen molar-refractivity contribution in [3.63, 3.8) is 0 Å². The zero-order chi connectivity index (χ0) is 23.2. The van der Waals surface area contributed by atoms with Crippen LogP contribution >= 0.6 is 0 Å². The van der Waals surface area contributed by atoms with Crippen LogP contribution in [-0.2, 0) is 25.8 Å². The van der Waals surface area contributed by atoms with Crippen molar-refractivity contribution >= 4 is 18.0 Å². The maximum absolute atomic E-state index is 12.8. The van der Waals surface area contributed by atoms with Crippen LogP contribution in [-0.4, -0.2) is 89.0 Å². The monoisotopic (exact) mass is 462 g/mol. The molecule has 3 heterocycles. The maximum Gasteiger partial charge on any atom is 0.407 e. The van der Waals surface area contributed by atoms with E-state index in [0.717, 1.165) is 5.56 Å². The second kappa shape index (κ2) is 10.8. The summed E-state index contributed by atoms with van der Waals surface area (Å²) in [7, 11) is 0. The molecule has 11 heteroatoms. The van der Waals surface area contributed by atoms with E-state index in [-0.39, 0.29) is 37.3 Å². The number of carboxylic acid groups (broad SMARTS) is 1. The predicted octanol–water partition coefficient (Wildman–Crippen LogP) is 1.59. The molecule has 180 valence electrons. The number of nitrogens with zero attached hydrogens (tertiary/aromatic N) is 3. The summed E-state index contributed by atoms with van der Waals surface area (Å²) in [5.41, 5.74) is 3.40. The van der Waals surface area contributed by atoms with Crippen molar-refractivity contribution in [2.75, 3.05) is 32.8 Å². The van der Waals surface area contributed by atoms with Gasteiger partial charge in [-0.1, -0.05) is 30.3 Å². The normalized spacial score (nSPS) is 23.2. The Labute approximate surface area is 192 Å². The van der Waals surface area contributed by atoms with Gasteiger partial charge in [0, 0.05) is 19.6 Å². The van der Waals surface area contributed by atoms with E-state index < -0.39 is 12.1 Å². The number of benzene rings is 1. The Morgan fingerprint density at radius 2 is 1.82 bits per heavy atom. The molecule has 0 aliphatic carbocycles. The first kappa shape index (κ1) is 23.3. The van der Waals surface area contributed by atoms with Gasteiger partial charge in [0.2, 0.25) is 0 Å². The molecule has 1 aromatic rings. The molecular weight excluding hydrogens is 432 g/mol. The minimum Gasteiger partial charge on any atom is -0.465 e. The van der Waals surface area contributed by atoms with E-state index in [0.29, 0.717) is 51.9 Å². The molecule has 3 aliphatic heterocycles. The lowest BCUT2D eigenvalue weighted by Crippen LogP contribution is -2.49. The quantitative estimate of drug-likeness (QED) is 0.422. The van der Waals surface area contributed by atoms with E-state index in [2.05, 4.69) is 5.48 Å². The molecule has 2 N–H and O–H groups in total. The zero-order valence-corrected chi connectivity index (χ0v) is 18.4. The number of likely N-dealkylation sites (tertiary alicyclic amines) is 1. The summed E-state index contributed by atoms with van der Waals surface area (Å²) in [5.74, 6) is -0.360. The largest absolute Gasteiger partial charge is 0.465 e. The van der Waals surface area contributed by atoms with Crippen LogP contribution in [0.5, 0.6) is 0 Å². The molecule has 0 spiro atoms. The average molecular weight is 463 g/mol. The Balaban J connectivity index is 1.15. The SMILES string of the molecule is O=C(NOCCOC1CCN(C(=O)O)CC1)[C@@H]1CC[C@@H]2CN1C(=O)N2OCc1ccccc1. The summed E-state index contributed by atoms with van der Waals surface area (Å²) >= 11 is 0. The van der Waals surface area contributed by atoms with E-state index in [1.165, 1.54) is 14.9 Å². The predicted molar refractivity (Wildman–Crippen MR) is 115 cm³/mol. The van der Waals surface area contributed by atoms with Gasteiger partial charge in [-0.15, -0.1) is 0 Å². The summed E-state index contributed by atoms with van der Waals surface area (Å²) in [5, 5.41) is 10.4. The van der Waals surface area contributed by atoms with Crippen LogP contribution in [0.25, 0.3) is 0 Å². The maximum atomic E-state index is 12.8. The van der Waals surface area contributed by atoms with Crippen molar-refractivity contribution < 1.29 is 33.9 Å². The molecule has 4 amide bonds. The fourth-order valence-electron chi connectivity index (χ4n) is 4.45. The van der Waals surface area contributed by atoms with Crippen molar-refractivity contribution in [2.45, 2.75) is 50.5 Å². The molecule has 3 saturated heterocycles. The molecule has 0 radical (unpaired) electrons. The highest BCUT2D eigenvalue weighted by atomic mass is 16.7. The van der Waals surface area contributed by atoms with Gasteiger partial charge in [-0.2, -0.15) is 5.06 Å². The van der Waals surface area contributed by atoms with Crippen molar-refractivity contribution in [1.82, 2.24) is 20.3 Å². The second-order valence-corrected chi connectivity index (χ2v) is 8.42. The van der Waals surface area contributed by atoms with E-state index in [1.807, 2.05) is 30.3 Å². The van der Waals surface area contributed by atoms with E-state index >= 15 is 0 Å². The first-order valence-electron chi connectivity index (χ1n) is 11.3. The van der Waals surface area contributed by atoms with Gasteiger partial charge >= 0.3 is 12.1 Å². The first-order chi connectivity index (χ1) is 16.0. The van der Waals surface area contributed by atoms with Crippen molar-refractivity contribution in [3.8, 4) is 0 Å². The number of nitrogens with one attached hydrogen (secondary N) is 1. The van der Waals surface area contributed by atoms with E-state index in [4.69, 9.17) is 19.5 Å². The van der Waals surface area contributed by atoms with Crippen LogP contribution in [0.15, 0.2) is 30.3 Å². The third-order valence-corrected chi connectivity index (χ3v) is 6.26. The number of piperidine rings is 2. The number of urea groups is 1. The topological polar surface area (TPSA) is 121 Å². The number of hydrogen-bond acceptors (Lipinski definition) is 6. The van der Waals surface area contributed by atoms with Crippen LogP contribution in [0.2, 0.25) is 0 Å². The van der Waals surface area contributed by atoms with Crippen LogP contribution < -0.4 is 5.48 Å². The van der Waals surface area contributed by atoms with Crippen LogP contribution in [0, 0.1) is 0 Å². The Kier molecular flexibility index (Phi) is 7.63. The van der Waals surface area contributed by atoms with E-state index in [1.54, 1.807) is 0 Å². The fourth-order valence-corrected chi connectivity index (χ4v) is 4.45. The smallest absolute Gasteiger partial charge is 0.407 e. The minimum absolute atomic E-state index is 0.0146. The number of hydrogen-bond donors (Lipinski definition) is 2. The average Bonchev–Trinajstić information content (AvgIpc) is 3.07. The highest BCUT2D eigenvalue weighted by Gasteiger charge is 2.48. The fraction of sp³-hybridized carbons (Fsp3) is 0.591. The number of rotatable bonds is 9. The molecule has 0 saturated carbocycles. The van der Waals surface area contributed by atoms with Gasteiger partial charge in [0.1, 0.15) is 12.6 Å². The third kappa shape index (κ3) is 5.73. The van der Waals surface area contributed by atoms with Gasteiger partial charge in [-0.25, -0.2) is 15.1 Å². The van der Waals surface area contributed by atoms with Crippen LogP contribution in [0.3, 0.4) is 0 Å². The molecule has 0 aromatic heterocycles. The number of ether oxygens (including phenoxy) is 1. The summed E-state index contributed by atoms with van der Waals surface area (Å²) in [4.78, 5) is 50.2. The number of fused-ring (bicyclic) bond motifs is 2. The summed E-state index contributed by atoms with van der Waals surface area (Å²) in [6.07, 6.45) is 1.57.